The Labute approximate surface area is 125 Å². The Bertz CT molecular complexity index is 654. The van der Waals surface area contributed by atoms with Crippen LogP contribution >= 0.6 is 0 Å². The van der Waals surface area contributed by atoms with Crippen molar-refractivity contribution in [3.8, 4) is 0 Å². The van der Waals surface area contributed by atoms with Crippen LogP contribution in [-0.2, 0) is 19.6 Å². The van der Waals surface area contributed by atoms with Gasteiger partial charge in [-0.2, -0.15) is 0 Å². The van der Waals surface area contributed by atoms with Gasteiger partial charge in [-0.05, 0) is 18.1 Å². The molecule has 0 aliphatic carbocycles. The molecule has 0 amide bonds. The fourth-order valence-electron chi connectivity index (χ4n) is 3.47. The van der Waals surface area contributed by atoms with Crippen LogP contribution in [0.1, 0.15) is 17.0 Å². The van der Waals surface area contributed by atoms with E-state index < -0.39 is 0 Å². The summed E-state index contributed by atoms with van der Waals surface area (Å²) < 4.78 is 2.44. The van der Waals surface area contributed by atoms with Crippen molar-refractivity contribution >= 4 is 11.0 Å². The highest BCUT2D eigenvalue weighted by Gasteiger charge is 2.20. The molecule has 2 N–H and O–H groups in total. The molecule has 112 valence electrons. The van der Waals surface area contributed by atoms with Crippen LogP contribution in [0.2, 0.25) is 0 Å². The van der Waals surface area contributed by atoms with Crippen molar-refractivity contribution in [3.05, 3.63) is 29.1 Å². The summed E-state index contributed by atoms with van der Waals surface area (Å²) in [5.74, 6) is 1.23. The van der Waals surface area contributed by atoms with Gasteiger partial charge in [0.05, 0.1) is 17.6 Å². The number of imidazole rings is 1. The summed E-state index contributed by atoms with van der Waals surface area (Å²) in [7, 11) is 0. The van der Waals surface area contributed by atoms with Crippen molar-refractivity contribution in [3.63, 3.8) is 0 Å². The third-order valence-electron chi connectivity index (χ3n) is 4.66. The van der Waals surface area contributed by atoms with E-state index in [2.05, 4.69) is 39.2 Å². The van der Waals surface area contributed by atoms with E-state index >= 15 is 0 Å². The molecule has 2 aliphatic heterocycles. The summed E-state index contributed by atoms with van der Waals surface area (Å²) in [6.07, 6.45) is 0. The van der Waals surface area contributed by atoms with Crippen LogP contribution < -0.4 is 10.6 Å². The fourth-order valence-corrected chi connectivity index (χ4v) is 3.47. The van der Waals surface area contributed by atoms with Crippen molar-refractivity contribution in [1.29, 1.82) is 0 Å². The summed E-state index contributed by atoms with van der Waals surface area (Å²) in [6.45, 7) is 10.6. The highest BCUT2D eigenvalue weighted by molar-refractivity contribution is 5.83. The highest BCUT2D eigenvalue weighted by Crippen LogP contribution is 2.26. The normalized spacial score (nSPS) is 19.9. The van der Waals surface area contributed by atoms with Crippen LogP contribution in [0.3, 0.4) is 0 Å². The second-order valence-corrected chi connectivity index (χ2v) is 6.12. The summed E-state index contributed by atoms with van der Waals surface area (Å²) in [4.78, 5) is 7.50. The molecule has 5 nitrogen and oxygen atoms in total. The highest BCUT2D eigenvalue weighted by atomic mass is 15.2. The number of aryl methyl sites for hydroxylation is 1. The lowest BCUT2D eigenvalue weighted by atomic mass is 10.1. The maximum atomic E-state index is 4.99. The standard InChI is InChI=1S/C16H23N5/c1-12-2-3-13-10-18-6-9-21-14(19-15(12)16(13)21)11-20-7-4-17-5-8-20/h2-3,17-18H,4-11H2,1H3. The van der Waals surface area contributed by atoms with E-state index in [-0.39, 0.29) is 0 Å². The van der Waals surface area contributed by atoms with Crippen LogP contribution in [-0.4, -0.2) is 47.2 Å². The van der Waals surface area contributed by atoms with E-state index in [1.165, 1.54) is 28.0 Å². The maximum absolute atomic E-state index is 4.99. The zero-order valence-corrected chi connectivity index (χ0v) is 12.7. The minimum Gasteiger partial charge on any atom is -0.325 e. The molecule has 0 atom stereocenters. The van der Waals surface area contributed by atoms with Gasteiger partial charge in [0.15, 0.2) is 0 Å². The molecule has 21 heavy (non-hydrogen) atoms. The molecule has 2 aliphatic rings. The van der Waals surface area contributed by atoms with E-state index in [4.69, 9.17) is 4.98 Å². The first-order valence-corrected chi connectivity index (χ1v) is 7.94. The van der Waals surface area contributed by atoms with Crippen molar-refractivity contribution < 1.29 is 0 Å². The van der Waals surface area contributed by atoms with E-state index in [1.54, 1.807) is 0 Å². The molecule has 1 aromatic heterocycles. The van der Waals surface area contributed by atoms with Gasteiger partial charge in [0.25, 0.3) is 0 Å². The van der Waals surface area contributed by atoms with Crippen molar-refractivity contribution in [2.75, 3.05) is 32.7 Å². The smallest absolute Gasteiger partial charge is 0.124 e. The van der Waals surface area contributed by atoms with Crippen molar-refractivity contribution in [1.82, 2.24) is 25.1 Å². The van der Waals surface area contributed by atoms with Gasteiger partial charge in [-0.15, -0.1) is 0 Å². The van der Waals surface area contributed by atoms with Gasteiger partial charge < -0.3 is 15.2 Å². The van der Waals surface area contributed by atoms with Gasteiger partial charge in [-0.3, -0.25) is 4.90 Å². The number of piperazine rings is 1. The Morgan fingerprint density at radius 2 is 1.90 bits per heavy atom. The maximum Gasteiger partial charge on any atom is 0.124 e. The van der Waals surface area contributed by atoms with E-state index in [0.29, 0.717) is 0 Å². The van der Waals surface area contributed by atoms with Gasteiger partial charge in [-0.25, -0.2) is 4.98 Å². The molecule has 0 unspecified atom stereocenters. The number of benzene rings is 1. The van der Waals surface area contributed by atoms with Crippen LogP contribution in [0.5, 0.6) is 0 Å². The van der Waals surface area contributed by atoms with E-state index in [1.807, 2.05) is 0 Å². The second-order valence-electron chi connectivity index (χ2n) is 6.12. The van der Waals surface area contributed by atoms with Gasteiger partial charge in [0, 0.05) is 45.8 Å². The molecule has 1 aromatic carbocycles. The molecule has 2 aromatic rings. The van der Waals surface area contributed by atoms with Crippen LogP contribution in [0.15, 0.2) is 12.1 Å². The first-order valence-electron chi connectivity index (χ1n) is 7.94. The summed E-state index contributed by atoms with van der Waals surface area (Å²) in [5, 5.41) is 6.93. The summed E-state index contributed by atoms with van der Waals surface area (Å²) in [6, 6.07) is 4.46. The van der Waals surface area contributed by atoms with Crippen molar-refractivity contribution in [2.24, 2.45) is 0 Å². The predicted molar refractivity (Wildman–Crippen MR) is 84.3 cm³/mol. The molecule has 0 spiro atoms. The van der Waals surface area contributed by atoms with Crippen LogP contribution in [0, 0.1) is 6.92 Å². The Kier molecular flexibility index (Phi) is 3.41. The Hall–Kier alpha value is -1.43. The second kappa shape index (κ2) is 5.40. The largest absolute Gasteiger partial charge is 0.325 e. The quantitative estimate of drug-likeness (QED) is 0.859. The molecule has 3 heterocycles. The number of nitrogens with zero attached hydrogens (tertiary/aromatic N) is 3. The molecule has 0 radical (unpaired) electrons. The van der Waals surface area contributed by atoms with Crippen LogP contribution in [0.25, 0.3) is 11.0 Å². The average molecular weight is 285 g/mol. The van der Waals surface area contributed by atoms with E-state index in [9.17, 15) is 0 Å². The Morgan fingerprint density at radius 3 is 2.76 bits per heavy atom. The number of hydrogen-bond donors (Lipinski definition) is 2. The van der Waals surface area contributed by atoms with Crippen LogP contribution in [0.4, 0.5) is 0 Å². The first kappa shape index (κ1) is 13.2. The third kappa shape index (κ3) is 2.35. The SMILES string of the molecule is Cc1ccc2c3c1nc(CN1CCNCC1)n3CCNC2. The van der Waals surface area contributed by atoms with Gasteiger partial charge in [0.1, 0.15) is 5.82 Å². The molecule has 4 rings (SSSR count). The molecular weight excluding hydrogens is 262 g/mol. The fraction of sp³-hybridized carbons (Fsp3) is 0.562. The zero-order chi connectivity index (χ0) is 14.2. The molecule has 0 bridgehead atoms. The lowest BCUT2D eigenvalue weighted by Crippen LogP contribution is -2.43. The Balaban J connectivity index is 1.77. The molecule has 0 saturated carbocycles. The molecule has 1 fully saturated rings. The lowest BCUT2D eigenvalue weighted by Gasteiger charge is -2.27. The first-order chi connectivity index (χ1) is 10.3. The Morgan fingerprint density at radius 1 is 1.10 bits per heavy atom. The molecular formula is C16H23N5. The average Bonchev–Trinajstić information content (AvgIpc) is 2.73. The van der Waals surface area contributed by atoms with Crippen molar-refractivity contribution in [2.45, 2.75) is 26.6 Å². The third-order valence-corrected chi connectivity index (χ3v) is 4.66. The summed E-state index contributed by atoms with van der Waals surface area (Å²) in [5.41, 5.74) is 5.22. The number of nitrogens with one attached hydrogen (secondary N) is 2. The van der Waals surface area contributed by atoms with Gasteiger partial charge >= 0.3 is 0 Å². The molecule has 1 saturated heterocycles. The van der Waals surface area contributed by atoms with Gasteiger partial charge in [-0.1, -0.05) is 12.1 Å². The minimum absolute atomic E-state index is 0.954. The van der Waals surface area contributed by atoms with E-state index in [0.717, 1.165) is 52.4 Å². The number of hydrogen-bond acceptors (Lipinski definition) is 4. The zero-order valence-electron chi connectivity index (χ0n) is 12.7. The predicted octanol–water partition coefficient (Wildman–Crippen LogP) is 0.853. The molecule has 5 heteroatoms. The van der Waals surface area contributed by atoms with Gasteiger partial charge in [0.2, 0.25) is 0 Å². The lowest BCUT2D eigenvalue weighted by molar-refractivity contribution is 0.225. The topological polar surface area (TPSA) is 45.1 Å². The summed E-state index contributed by atoms with van der Waals surface area (Å²) >= 11 is 0. The number of aromatic nitrogens is 2. The number of rotatable bonds is 2. The monoisotopic (exact) mass is 285 g/mol. The minimum atomic E-state index is 0.954.